The lowest BCUT2D eigenvalue weighted by Crippen LogP contribution is -2.03. The molecule has 1 aromatic heterocycles. The van der Waals surface area contributed by atoms with E-state index >= 15 is 0 Å². The van der Waals surface area contributed by atoms with Crippen LogP contribution in [0.1, 0.15) is 43.4 Å². The van der Waals surface area contributed by atoms with Crippen LogP contribution < -0.4 is 4.74 Å². The third-order valence-electron chi connectivity index (χ3n) is 3.81. The molecule has 2 aromatic rings. The Hall–Kier alpha value is -2.60. The molecular formula is C21H23NO2. The summed E-state index contributed by atoms with van der Waals surface area (Å²) in [6, 6.07) is 12.0. The third-order valence-corrected chi connectivity index (χ3v) is 3.81. The number of carbonyl (C=O) groups is 1. The van der Waals surface area contributed by atoms with Gasteiger partial charge in [0, 0.05) is 29.8 Å². The number of ketones is 1. The number of pyridine rings is 1. The second-order valence-electron chi connectivity index (χ2n) is 6.09. The van der Waals surface area contributed by atoms with Gasteiger partial charge in [0.05, 0.1) is 7.11 Å². The highest BCUT2D eigenvalue weighted by Crippen LogP contribution is 2.14. The summed E-state index contributed by atoms with van der Waals surface area (Å²) < 4.78 is 5.03. The lowest BCUT2D eigenvalue weighted by molar-refractivity contribution is -0.117. The lowest BCUT2D eigenvalue weighted by Gasteiger charge is -2.08. The Morgan fingerprint density at radius 1 is 1.12 bits per heavy atom. The van der Waals surface area contributed by atoms with Crippen molar-refractivity contribution < 1.29 is 9.53 Å². The van der Waals surface area contributed by atoms with Crippen molar-refractivity contribution in [3.63, 3.8) is 0 Å². The van der Waals surface area contributed by atoms with E-state index in [0.29, 0.717) is 18.2 Å². The second kappa shape index (κ2) is 8.88. The molecule has 0 saturated heterocycles. The second-order valence-corrected chi connectivity index (χ2v) is 6.09. The lowest BCUT2D eigenvalue weighted by atomic mass is 9.96. The minimum absolute atomic E-state index is 0.265. The van der Waals surface area contributed by atoms with Crippen molar-refractivity contribution >= 4 is 5.78 Å². The van der Waals surface area contributed by atoms with Crippen LogP contribution in [0.25, 0.3) is 0 Å². The van der Waals surface area contributed by atoms with E-state index in [0.717, 1.165) is 24.0 Å². The van der Waals surface area contributed by atoms with Gasteiger partial charge in [-0.15, -0.1) is 0 Å². The highest BCUT2D eigenvalue weighted by atomic mass is 16.5. The molecule has 2 rings (SSSR count). The summed E-state index contributed by atoms with van der Waals surface area (Å²) in [6.45, 7) is 3.78. The van der Waals surface area contributed by atoms with Gasteiger partial charge in [0.15, 0.2) is 0 Å². The van der Waals surface area contributed by atoms with Crippen LogP contribution in [0.3, 0.4) is 0 Å². The number of aryl methyl sites for hydroxylation is 1. The molecule has 1 atom stereocenters. The zero-order valence-electron chi connectivity index (χ0n) is 14.5. The number of carbonyl (C=O) groups excluding carboxylic acids is 1. The zero-order chi connectivity index (χ0) is 17.4. The summed E-state index contributed by atoms with van der Waals surface area (Å²) in [5.74, 6) is 7.53. The average Bonchev–Trinajstić information content (AvgIpc) is 2.59. The molecule has 0 radical (unpaired) electrons. The molecular weight excluding hydrogens is 298 g/mol. The van der Waals surface area contributed by atoms with E-state index in [1.807, 2.05) is 18.2 Å². The Labute approximate surface area is 144 Å². The number of benzene rings is 1. The van der Waals surface area contributed by atoms with Gasteiger partial charge in [-0.2, -0.15) is 0 Å². The van der Waals surface area contributed by atoms with Gasteiger partial charge in [-0.3, -0.25) is 0 Å². The van der Waals surface area contributed by atoms with Crippen molar-refractivity contribution in [3.05, 3.63) is 59.3 Å². The number of hydrogen-bond donors (Lipinski definition) is 0. The summed E-state index contributed by atoms with van der Waals surface area (Å²) in [5.41, 5.74) is 3.12. The molecule has 1 heterocycles. The van der Waals surface area contributed by atoms with Gasteiger partial charge in [-0.25, -0.2) is 4.98 Å². The van der Waals surface area contributed by atoms with Crippen molar-refractivity contribution in [2.45, 2.75) is 33.1 Å². The fraction of sp³-hybridized carbons (Fsp3) is 0.333. The molecule has 0 aliphatic carbocycles. The summed E-state index contributed by atoms with van der Waals surface area (Å²) >= 11 is 0. The molecule has 0 bridgehead atoms. The summed E-state index contributed by atoms with van der Waals surface area (Å²) in [4.78, 5) is 15.2. The number of methoxy groups -OCH3 is 1. The van der Waals surface area contributed by atoms with Gasteiger partial charge >= 0.3 is 0 Å². The van der Waals surface area contributed by atoms with Crippen LogP contribution in [-0.4, -0.2) is 17.9 Å². The first-order chi connectivity index (χ1) is 11.6. The van der Waals surface area contributed by atoms with Gasteiger partial charge in [0.25, 0.3) is 0 Å². The maximum Gasteiger partial charge on any atom is 0.212 e. The molecule has 1 unspecified atom stereocenters. The van der Waals surface area contributed by atoms with Crippen molar-refractivity contribution in [1.82, 2.24) is 4.98 Å². The molecule has 0 amide bonds. The standard InChI is InChI=1S/C21H23NO2/c1-16(14-17(2)23)4-5-18-6-8-19(9-7-18)10-11-20-12-13-21(24-3)22-15-20/h6-9,12-13,15-16H,4-5,14H2,1-3H3. The van der Waals surface area contributed by atoms with E-state index in [2.05, 4.69) is 35.9 Å². The van der Waals surface area contributed by atoms with Gasteiger partial charge in [-0.05, 0) is 49.4 Å². The molecule has 0 aliphatic rings. The minimum atomic E-state index is 0.265. The van der Waals surface area contributed by atoms with E-state index in [4.69, 9.17) is 4.74 Å². The normalized spacial score (nSPS) is 11.3. The number of ether oxygens (including phenoxy) is 1. The number of nitrogens with zero attached hydrogens (tertiary/aromatic N) is 1. The Balaban J connectivity index is 1.92. The van der Waals surface area contributed by atoms with E-state index in [1.165, 1.54) is 5.56 Å². The molecule has 0 aliphatic heterocycles. The van der Waals surface area contributed by atoms with E-state index in [1.54, 1.807) is 26.3 Å². The first kappa shape index (κ1) is 17.7. The number of Topliss-reactive ketones (excluding diaryl/α,β-unsaturated/α-hetero) is 1. The largest absolute Gasteiger partial charge is 0.481 e. The Morgan fingerprint density at radius 2 is 1.79 bits per heavy atom. The van der Waals surface area contributed by atoms with Gasteiger partial charge in [0.2, 0.25) is 5.88 Å². The third kappa shape index (κ3) is 5.89. The van der Waals surface area contributed by atoms with E-state index in [9.17, 15) is 4.79 Å². The smallest absolute Gasteiger partial charge is 0.212 e. The summed E-state index contributed by atoms with van der Waals surface area (Å²) in [6.07, 6.45) is 4.39. The van der Waals surface area contributed by atoms with Crippen LogP contribution in [0.4, 0.5) is 0 Å². The molecule has 0 fully saturated rings. The van der Waals surface area contributed by atoms with Crippen molar-refractivity contribution in [2.75, 3.05) is 7.11 Å². The maximum absolute atomic E-state index is 11.1. The quantitative estimate of drug-likeness (QED) is 0.754. The molecule has 124 valence electrons. The number of hydrogen-bond acceptors (Lipinski definition) is 3. The Bertz CT molecular complexity index is 721. The highest BCUT2D eigenvalue weighted by Gasteiger charge is 2.05. The minimum Gasteiger partial charge on any atom is -0.481 e. The van der Waals surface area contributed by atoms with Gasteiger partial charge in [-0.1, -0.05) is 30.9 Å². The van der Waals surface area contributed by atoms with Crippen LogP contribution in [0.15, 0.2) is 42.6 Å². The molecule has 0 spiro atoms. The molecule has 0 N–H and O–H groups in total. The van der Waals surface area contributed by atoms with Crippen molar-refractivity contribution in [3.8, 4) is 17.7 Å². The SMILES string of the molecule is COc1ccc(C#Cc2ccc(CCC(C)CC(C)=O)cc2)cn1. The topological polar surface area (TPSA) is 39.2 Å². The monoisotopic (exact) mass is 321 g/mol. The van der Waals surface area contributed by atoms with Gasteiger partial charge in [0.1, 0.15) is 5.78 Å². The first-order valence-corrected chi connectivity index (χ1v) is 8.17. The van der Waals surface area contributed by atoms with Gasteiger partial charge < -0.3 is 9.53 Å². The molecule has 3 heteroatoms. The summed E-state index contributed by atoms with van der Waals surface area (Å²) in [7, 11) is 1.59. The van der Waals surface area contributed by atoms with Crippen molar-refractivity contribution in [2.24, 2.45) is 5.92 Å². The fourth-order valence-corrected chi connectivity index (χ4v) is 2.48. The maximum atomic E-state index is 11.1. The van der Waals surface area contributed by atoms with Crippen LogP contribution in [0.2, 0.25) is 0 Å². The van der Waals surface area contributed by atoms with Crippen LogP contribution in [0, 0.1) is 17.8 Å². The molecule has 1 aromatic carbocycles. The van der Waals surface area contributed by atoms with E-state index in [-0.39, 0.29) is 5.78 Å². The molecule has 0 saturated carbocycles. The molecule has 24 heavy (non-hydrogen) atoms. The predicted molar refractivity (Wildman–Crippen MR) is 96.0 cm³/mol. The average molecular weight is 321 g/mol. The zero-order valence-corrected chi connectivity index (χ0v) is 14.5. The Morgan fingerprint density at radius 3 is 2.38 bits per heavy atom. The highest BCUT2D eigenvalue weighted by molar-refractivity contribution is 5.75. The predicted octanol–water partition coefficient (Wildman–Crippen LogP) is 4.04. The fourth-order valence-electron chi connectivity index (χ4n) is 2.48. The number of aromatic nitrogens is 1. The van der Waals surface area contributed by atoms with Crippen LogP contribution >= 0.6 is 0 Å². The van der Waals surface area contributed by atoms with E-state index < -0.39 is 0 Å². The molecule has 3 nitrogen and oxygen atoms in total. The Kier molecular flexibility index (Phi) is 6.57. The number of rotatable bonds is 6. The van der Waals surface area contributed by atoms with Crippen LogP contribution in [0.5, 0.6) is 5.88 Å². The summed E-state index contributed by atoms with van der Waals surface area (Å²) in [5, 5.41) is 0. The van der Waals surface area contributed by atoms with Crippen LogP contribution in [-0.2, 0) is 11.2 Å². The van der Waals surface area contributed by atoms with Crippen molar-refractivity contribution in [1.29, 1.82) is 0 Å². The first-order valence-electron chi connectivity index (χ1n) is 8.17.